The zero-order valence-corrected chi connectivity index (χ0v) is 26.0. The molecule has 1 aromatic heterocycles. The average Bonchev–Trinajstić information content (AvgIpc) is 3.63. The first-order chi connectivity index (χ1) is 21.8. The number of benzene rings is 2. The number of likely N-dealkylation sites (tertiary alicyclic amines) is 1. The van der Waals surface area contributed by atoms with Crippen LogP contribution in [0.5, 0.6) is 0 Å². The molecule has 7 rings (SSSR count). The van der Waals surface area contributed by atoms with Gasteiger partial charge in [-0.05, 0) is 44.5 Å². The predicted molar refractivity (Wildman–Crippen MR) is 164 cm³/mol. The monoisotopic (exact) mass is 661 g/mol. The zero-order valence-electron chi connectivity index (χ0n) is 25.2. The van der Waals surface area contributed by atoms with Crippen molar-refractivity contribution in [2.24, 2.45) is 0 Å². The summed E-state index contributed by atoms with van der Waals surface area (Å²) in [4.78, 5) is 36.7. The first-order valence-corrected chi connectivity index (χ1v) is 16.2. The Kier molecular flexibility index (Phi) is 7.67. The van der Waals surface area contributed by atoms with Crippen LogP contribution < -0.4 is 10.6 Å². The Hall–Kier alpha value is -3.49. The van der Waals surface area contributed by atoms with E-state index < -0.39 is 52.3 Å². The third kappa shape index (κ3) is 5.09. The van der Waals surface area contributed by atoms with Gasteiger partial charge in [0.1, 0.15) is 17.5 Å². The van der Waals surface area contributed by atoms with E-state index in [1.54, 1.807) is 9.80 Å². The molecule has 0 spiro atoms. The summed E-state index contributed by atoms with van der Waals surface area (Å²) in [6.07, 6.45) is -2.70. The van der Waals surface area contributed by atoms with E-state index in [-0.39, 0.29) is 64.6 Å². The van der Waals surface area contributed by atoms with Crippen LogP contribution in [0.1, 0.15) is 31.9 Å². The molecule has 8 nitrogen and oxygen atoms in total. The van der Waals surface area contributed by atoms with E-state index in [0.717, 1.165) is 36.4 Å². The van der Waals surface area contributed by atoms with E-state index in [1.165, 1.54) is 10.6 Å². The fraction of sp³-hybridized carbons (Fsp3) is 0.469. The molecule has 4 aliphatic heterocycles. The number of hydrogen-bond donors (Lipinski definition) is 0. The number of halogens is 5. The summed E-state index contributed by atoms with van der Waals surface area (Å²) >= 11 is 1.14. The van der Waals surface area contributed by atoms with Crippen LogP contribution in [0.15, 0.2) is 46.6 Å². The SMILES string of the molecule is C=CC(=O)N1C[C@H](C)N(c2nc(=O)n3c4c(c(-c5ccc(F)cc5F)c(C(F)(F)F)cc24)SC[C@@H]3CN2C[C@@H]3C[C@H]2CO3)C[C@H]1C. The molecule has 244 valence electrons. The molecule has 0 unspecified atom stereocenters. The molecule has 3 fully saturated rings. The lowest BCUT2D eigenvalue weighted by Gasteiger charge is -2.45. The van der Waals surface area contributed by atoms with Crippen LogP contribution in [-0.2, 0) is 15.7 Å². The smallest absolute Gasteiger partial charge is 0.375 e. The third-order valence-corrected chi connectivity index (χ3v) is 10.8. The molecule has 0 N–H and O–H groups in total. The van der Waals surface area contributed by atoms with Gasteiger partial charge in [-0.3, -0.25) is 14.3 Å². The number of anilines is 1. The summed E-state index contributed by atoms with van der Waals surface area (Å²) in [5, 5.41) is 0.110. The maximum atomic E-state index is 15.3. The van der Waals surface area contributed by atoms with Gasteiger partial charge in [-0.1, -0.05) is 6.58 Å². The molecule has 0 aliphatic carbocycles. The number of ether oxygens (including phenoxy) is 1. The van der Waals surface area contributed by atoms with Crippen LogP contribution in [0.4, 0.5) is 27.8 Å². The minimum absolute atomic E-state index is 0.0778. The van der Waals surface area contributed by atoms with Crippen molar-refractivity contribution in [1.82, 2.24) is 19.4 Å². The van der Waals surface area contributed by atoms with Crippen molar-refractivity contribution in [3.05, 3.63) is 64.6 Å². The minimum atomic E-state index is -4.92. The van der Waals surface area contributed by atoms with Crippen molar-refractivity contribution in [2.75, 3.05) is 43.4 Å². The summed E-state index contributed by atoms with van der Waals surface area (Å²) < 4.78 is 81.2. The van der Waals surface area contributed by atoms with E-state index in [2.05, 4.69) is 16.5 Å². The highest BCUT2D eigenvalue weighted by Gasteiger charge is 2.43. The van der Waals surface area contributed by atoms with Crippen LogP contribution in [-0.4, -0.2) is 88.0 Å². The quantitative estimate of drug-likeness (QED) is 0.279. The molecular formula is C32H32F5N5O3S. The molecule has 46 heavy (non-hydrogen) atoms. The molecule has 0 saturated carbocycles. The Bertz CT molecular complexity index is 1820. The number of carbonyl (C=O) groups is 1. The number of aromatic nitrogens is 2. The van der Waals surface area contributed by atoms with Gasteiger partial charge < -0.3 is 14.5 Å². The second kappa shape index (κ2) is 11.3. The van der Waals surface area contributed by atoms with Crippen molar-refractivity contribution >= 4 is 34.4 Å². The van der Waals surface area contributed by atoms with Gasteiger partial charge in [-0.15, -0.1) is 11.8 Å². The highest BCUT2D eigenvalue weighted by atomic mass is 32.2. The Labute approximate surface area is 265 Å². The second-order valence-electron chi connectivity index (χ2n) is 12.5. The van der Waals surface area contributed by atoms with E-state index in [4.69, 9.17) is 4.74 Å². The lowest BCUT2D eigenvalue weighted by Crippen LogP contribution is -2.58. The predicted octanol–water partition coefficient (Wildman–Crippen LogP) is 5.09. The van der Waals surface area contributed by atoms with Crippen molar-refractivity contribution in [3.8, 4) is 11.1 Å². The lowest BCUT2D eigenvalue weighted by molar-refractivity contribution is -0.137. The van der Waals surface area contributed by atoms with Gasteiger partial charge >= 0.3 is 11.9 Å². The van der Waals surface area contributed by atoms with E-state index in [9.17, 15) is 27.2 Å². The molecule has 3 aromatic rings. The van der Waals surface area contributed by atoms with Gasteiger partial charge in [0, 0.05) is 77.5 Å². The van der Waals surface area contributed by atoms with Crippen molar-refractivity contribution in [3.63, 3.8) is 0 Å². The zero-order chi connectivity index (χ0) is 32.7. The molecule has 14 heteroatoms. The summed E-state index contributed by atoms with van der Waals surface area (Å²) in [6.45, 7) is 9.41. The number of rotatable bonds is 5. The minimum Gasteiger partial charge on any atom is -0.375 e. The lowest BCUT2D eigenvalue weighted by atomic mass is 9.95. The van der Waals surface area contributed by atoms with Gasteiger partial charge in [0.15, 0.2) is 0 Å². The Morgan fingerprint density at radius 2 is 1.93 bits per heavy atom. The summed E-state index contributed by atoms with van der Waals surface area (Å²) in [5.74, 6) is -1.99. The number of nitrogens with zero attached hydrogens (tertiary/aromatic N) is 5. The number of amides is 1. The Morgan fingerprint density at radius 3 is 2.59 bits per heavy atom. The van der Waals surface area contributed by atoms with Crippen molar-refractivity contribution in [1.29, 1.82) is 0 Å². The van der Waals surface area contributed by atoms with E-state index in [1.807, 2.05) is 13.8 Å². The normalized spacial score (nSPS) is 26.3. The van der Waals surface area contributed by atoms with Gasteiger partial charge in [-0.25, -0.2) is 13.6 Å². The van der Waals surface area contributed by atoms with E-state index >= 15 is 4.39 Å². The van der Waals surface area contributed by atoms with Gasteiger partial charge in [0.05, 0.1) is 29.8 Å². The summed E-state index contributed by atoms with van der Waals surface area (Å²) in [6, 6.07) is 2.47. The molecule has 1 amide bonds. The first kappa shape index (κ1) is 31.1. The topological polar surface area (TPSA) is 70.9 Å². The third-order valence-electron chi connectivity index (χ3n) is 9.61. The fourth-order valence-electron chi connectivity index (χ4n) is 7.45. The molecule has 0 radical (unpaired) electrons. The number of carbonyl (C=O) groups excluding carboxylic acids is 1. The standard InChI is InChI=1S/C32H32F5N5O3S/c1-4-26(43)40-10-17(3)41(11-16(40)2)30-23-9-24(32(35,36)37)27(22-6-5-18(33)7-25(22)34)29-28(23)42(31(44)38-30)20(15-46-29)12-39-13-21-8-19(39)14-45-21/h4-7,9,16-17,19-21H,1,8,10-15H2,2-3H3/t16-,17+,19+,20+,21+/m1/s1. The van der Waals surface area contributed by atoms with Crippen LogP contribution in [0.2, 0.25) is 0 Å². The molecule has 5 heterocycles. The molecular weight excluding hydrogens is 629 g/mol. The summed E-state index contributed by atoms with van der Waals surface area (Å²) in [5.41, 5.74) is -2.31. The molecule has 3 saturated heterocycles. The number of piperazine rings is 1. The summed E-state index contributed by atoms with van der Waals surface area (Å²) in [7, 11) is 0. The van der Waals surface area contributed by atoms with Crippen LogP contribution >= 0.6 is 11.8 Å². The number of morpholine rings is 1. The fourth-order valence-corrected chi connectivity index (χ4v) is 8.77. The van der Waals surface area contributed by atoms with Gasteiger partial charge in [0.2, 0.25) is 5.91 Å². The van der Waals surface area contributed by atoms with E-state index in [0.29, 0.717) is 25.8 Å². The average molecular weight is 662 g/mol. The van der Waals surface area contributed by atoms with Gasteiger partial charge in [0.25, 0.3) is 0 Å². The highest BCUT2D eigenvalue weighted by Crippen LogP contribution is 2.50. The van der Waals surface area contributed by atoms with Crippen LogP contribution in [0.3, 0.4) is 0 Å². The molecule has 2 bridgehead atoms. The Balaban J connectivity index is 1.46. The van der Waals surface area contributed by atoms with Gasteiger partial charge in [-0.2, -0.15) is 18.2 Å². The molecule has 5 atom stereocenters. The Morgan fingerprint density at radius 1 is 1.15 bits per heavy atom. The number of alkyl halides is 3. The number of fused-ring (bicyclic) bond motifs is 2. The maximum absolute atomic E-state index is 15.3. The van der Waals surface area contributed by atoms with Crippen molar-refractivity contribution < 1.29 is 31.5 Å². The molecule has 4 aliphatic rings. The van der Waals surface area contributed by atoms with Crippen LogP contribution in [0, 0.1) is 11.6 Å². The largest absolute Gasteiger partial charge is 0.417 e. The second-order valence-corrected chi connectivity index (χ2v) is 13.6. The highest BCUT2D eigenvalue weighted by molar-refractivity contribution is 7.99. The van der Waals surface area contributed by atoms with Crippen LogP contribution in [0.25, 0.3) is 22.0 Å². The maximum Gasteiger partial charge on any atom is 0.417 e. The van der Waals surface area contributed by atoms with Crippen molar-refractivity contribution in [2.45, 2.75) is 61.6 Å². The number of thioether (sulfide) groups is 1. The first-order valence-electron chi connectivity index (χ1n) is 15.2. The molecule has 2 aromatic carbocycles. The number of hydrogen-bond acceptors (Lipinski definition) is 7.